The van der Waals surface area contributed by atoms with E-state index < -0.39 is 16.1 Å². The minimum absolute atomic E-state index is 0.610. The predicted molar refractivity (Wildman–Crippen MR) is 177 cm³/mol. The Bertz CT molecular complexity index is 1190. The lowest BCUT2D eigenvalue weighted by Gasteiger charge is -2.38. The minimum Gasteiger partial charge on any atom is -0.125 e. The van der Waals surface area contributed by atoms with Crippen molar-refractivity contribution in [3.8, 4) is 22.9 Å². The van der Waals surface area contributed by atoms with Gasteiger partial charge in [0.25, 0.3) is 0 Å². The van der Waals surface area contributed by atoms with Crippen LogP contribution in [-0.2, 0) is 0 Å². The standard InChI is InChI=1S/C36H50Si2/c1-25(2)37(26(3)4,27(5)6)23-21-35-31-17-13-15-19-33(31)36(34-20-16-14-18-32(34)35)22-24-38(28(7)8,29(9)10)30(11)12/h13-20,25-30H,1-12H3. The number of benzene rings is 3. The lowest BCUT2D eigenvalue weighted by Crippen LogP contribution is -2.43. The minimum atomic E-state index is -1.86. The van der Waals surface area contributed by atoms with Gasteiger partial charge in [-0.3, -0.25) is 0 Å². The molecule has 202 valence electrons. The Hall–Kier alpha value is -2.27. The van der Waals surface area contributed by atoms with Crippen LogP contribution in [0.5, 0.6) is 0 Å². The molecular formula is C36H50Si2. The molecule has 0 amide bonds. The molecule has 38 heavy (non-hydrogen) atoms. The first kappa shape index (κ1) is 30.3. The van der Waals surface area contributed by atoms with Gasteiger partial charge in [0.2, 0.25) is 0 Å². The molecule has 2 heteroatoms. The molecule has 3 rings (SSSR count). The van der Waals surface area contributed by atoms with Gasteiger partial charge in [0.1, 0.15) is 16.1 Å². The molecule has 0 N–H and O–H groups in total. The van der Waals surface area contributed by atoms with E-state index in [1.807, 2.05) is 0 Å². The molecule has 0 nitrogen and oxygen atoms in total. The fraction of sp³-hybridized carbons (Fsp3) is 0.500. The summed E-state index contributed by atoms with van der Waals surface area (Å²) in [5, 5.41) is 4.97. The number of fused-ring (bicyclic) bond motifs is 2. The average molecular weight is 539 g/mol. The first-order chi connectivity index (χ1) is 17.8. The maximum Gasteiger partial charge on any atom is 0.146 e. The first-order valence-corrected chi connectivity index (χ1v) is 19.3. The van der Waals surface area contributed by atoms with Gasteiger partial charge >= 0.3 is 0 Å². The van der Waals surface area contributed by atoms with Crippen molar-refractivity contribution in [2.75, 3.05) is 0 Å². The van der Waals surface area contributed by atoms with Gasteiger partial charge in [0.05, 0.1) is 0 Å². The highest BCUT2D eigenvalue weighted by Gasteiger charge is 2.42. The third-order valence-electron chi connectivity index (χ3n) is 9.47. The molecule has 3 aromatic carbocycles. The first-order valence-electron chi connectivity index (χ1n) is 14.8. The maximum atomic E-state index is 4.01. The van der Waals surface area contributed by atoms with Gasteiger partial charge in [0.15, 0.2) is 0 Å². The van der Waals surface area contributed by atoms with Crippen LogP contribution in [0.15, 0.2) is 48.5 Å². The molecule has 3 aromatic rings. The van der Waals surface area contributed by atoms with Gasteiger partial charge in [-0.25, -0.2) is 0 Å². The average Bonchev–Trinajstić information content (AvgIpc) is 2.84. The van der Waals surface area contributed by atoms with Gasteiger partial charge < -0.3 is 0 Å². The maximum absolute atomic E-state index is 4.01. The van der Waals surface area contributed by atoms with Crippen molar-refractivity contribution < 1.29 is 0 Å². The van der Waals surface area contributed by atoms with E-state index in [0.717, 1.165) is 0 Å². The summed E-state index contributed by atoms with van der Waals surface area (Å²) in [6.45, 7) is 28.7. The van der Waals surface area contributed by atoms with E-state index in [-0.39, 0.29) is 0 Å². The summed E-state index contributed by atoms with van der Waals surface area (Å²) in [5.41, 5.74) is 14.0. The van der Waals surface area contributed by atoms with Gasteiger partial charge in [-0.15, -0.1) is 11.1 Å². The highest BCUT2D eigenvalue weighted by Crippen LogP contribution is 2.42. The zero-order valence-corrected chi connectivity index (χ0v) is 28.1. The van der Waals surface area contributed by atoms with Crippen molar-refractivity contribution in [2.45, 2.75) is 116 Å². The summed E-state index contributed by atoms with van der Waals surface area (Å²) in [5.74, 6) is 7.68. The van der Waals surface area contributed by atoms with E-state index in [1.54, 1.807) is 0 Å². The second-order valence-corrected chi connectivity index (χ2v) is 24.3. The molecule has 0 spiro atoms. The van der Waals surface area contributed by atoms with Crippen LogP contribution in [-0.4, -0.2) is 16.1 Å². The SMILES string of the molecule is CC(C)[Si](C#Cc1c2ccccc2c(C#C[Si](C(C)C)(C(C)C)C(C)C)c2ccccc12)(C(C)C)C(C)C. The molecule has 0 heterocycles. The summed E-state index contributed by atoms with van der Waals surface area (Å²) in [7, 11) is -3.72. The van der Waals surface area contributed by atoms with E-state index in [2.05, 4.69) is 155 Å². The Morgan fingerprint density at radius 2 is 0.605 bits per heavy atom. The van der Waals surface area contributed by atoms with Crippen molar-refractivity contribution in [3.63, 3.8) is 0 Å². The quantitative estimate of drug-likeness (QED) is 0.166. The van der Waals surface area contributed by atoms with E-state index >= 15 is 0 Å². The topological polar surface area (TPSA) is 0 Å². The Balaban J connectivity index is 2.44. The number of hydrogen-bond acceptors (Lipinski definition) is 0. The molecule has 0 saturated carbocycles. The lowest BCUT2D eigenvalue weighted by molar-refractivity contribution is 0.838. The van der Waals surface area contributed by atoms with Gasteiger partial charge in [-0.05, 0) is 54.8 Å². The number of rotatable bonds is 6. The van der Waals surface area contributed by atoms with Gasteiger partial charge in [-0.1, -0.05) is 143 Å². The summed E-state index contributed by atoms with van der Waals surface area (Å²) in [4.78, 5) is 0. The molecule has 0 unspecified atom stereocenters. The Morgan fingerprint density at radius 3 is 0.789 bits per heavy atom. The largest absolute Gasteiger partial charge is 0.146 e. The summed E-state index contributed by atoms with van der Waals surface area (Å²) >= 11 is 0. The third kappa shape index (κ3) is 5.16. The van der Waals surface area contributed by atoms with Crippen LogP contribution in [0, 0.1) is 22.9 Å². The van der Waals surface area contributed by atoms with E-state index in [4.69, 9.17) is 0 Å². The van der Waals surface area contributed by atoms with Crippen LogP contribution in [0.2, 0.25) is 33.2 Å². The van der Waals surface area contributed by atoms with Crippen LogP contribution in [0.1, 0.15) is 94.2 Å². The molecule has 0 fully saturated rings. The van der Waals surface area contributed by atoms with Crippen LogP contribution in [0.4, 0.5) is 0 Å². The van der Waals surface area contributed by atoms with Crippen LogP contribution in [0.3, 0.4) is 0 Å². The number of hydrogen-bond donors (Lipinski definition) is 0. The summed E-state index contributed by atoms with van der Waals surface area (Å²) < 4.78 is 0. The van der Waals surface area contributed by atoms with E-state index in [9.17, 15) is 0 Å². The summed E-state index contributed by atoms with van der Waals surface area (Å²) in [6, 6.07) is 17.7. The Labute approximate surface area is 236 Å². The molecule has 0 atom stereocenters. The van der Waals surface area contributed by atoms with Crippen LogP contribution < -0.4 is 0 Å². The fourth-order valence-corrected chi connectivity index (χ4v) is 18.0. The van der Waals surface area contributed by atoms with Gasteiger partial charge in [-0.2, -0.15) is 0 Å². The van der Waals surface area contributed by atoms with E-state index in [0.29, 0.717) is 33.2 Å². The summed E-state index contributed by atoms with van der Waals surface area (Å²) in [6.07, 6.45) is 0. The van der Waals surface area contributed by atoms with Gasteiger partial charge in [0, 0.05) is 11.1 Å². The van der Waals surface area contributed by atoms with Crippen molar-refractivity contribution >= 4 is 37.7 Å². The highest BCUT2D eigenvalue weighted by atomic mass is 28.3. The second-order valence-electron chi connectivity index (χ2n) is 13.1. The molecule has 0 saturated heterocycles. The normalized spacial score (nSPS) is 12.7. The fourth-order valence-electron chi connectivity index (χ4n) is 7.61. The highest BCUT2D eigenvalue weighted by molar-refractivity contribution is 6.91. The third-order valence-corrected chi connectivity index (χ3v) is 22.1. The smallest absolute Gasteiger partial charge is 0.125 e. The molecule has 0 aliphatic heterocycles. The molecule has 0 aliphatic carbocycles. The molecule has 0 bridgehead atoms. The Kier molecular flexibility index (Phi) is 9.45. The van der Waals surface area contributed by atoms with Crippen molar-refractivity contribution in [2.24, 2.45) is 0 Å². The Morgan fingerprint density at radius 1 is 0.395 bits per heavy atom. The molecule has 0 aliphatic rings. The van der Waals surface area contributed by atoms with E-state index in [1.165, 1.54) is 32.7 Å². The predicted octanol–water partition coefficient (Wildman–Crippen LogP) is 11.1. The van der Waals surface area contributed by atoms with Crippen LogP contribution >= 0.6 is 0 Å². The molecule has 0 aromatic heterocycles. The monoisotopic (exact) mass is 538 g/mol. The zero-order chi connectivity index (χ0) is 28.4. The molecular weight excluding hydrogens is 489 g/mol. The van der Waals surface area contributed by atoms with Crippen molar-refractivity contribution in [1.82, 2.24) is 0 Å². The molecule has 0 radical (unpaired) electrons. The second kappa shape index (κ2) is 11.9. The van der Waals surface area contributed by atoms with Crippen molar-refractivity contribution in [1.29, 1.82) is 0 Å². The van der Waals surface area contributed by atoms with Crippen molar-refractivity contribution in [3.05, 3.63) is 59.7 Å². The lowest BCUT2D eigenvalue weighted by atomic mass is 9.92. The zero-order valence-electron chi connectivity index (χ0n) is 26.1. The van der Waals surface area contributed by atoms with Crippen LogP contribution in [0.25, 0.3) is 21.5 Å².